The van der Waals surface area contributed by atoms with Crippen LogP contribution in [0.2, 0.25) is 0 Å². The number of aryl methyl sites for hydroxylation is 2. The topological polar surface area (TPSA) is 67.9 Å². The van der Waals surface area contributed by atoms with Crippen LogP contribution in [0.5, 0.6) is 5.75 Å². The van der Waals surface area contributed by atoms with E-state index in [2.05, 4.69) is 5.32 Å². The van der Waals surface area contributed by atoms with Gasteiger partial charge in [-0.1, -0.05) is 18.2 Å². The highest BCUT2D eigenvalue weighted by Crippen LogP contribution is 2.31. The molecule has 6 nitrogen and oxygen atoms in total. The fourth-order valence-corrected chi connectivity index (χ4v) is 3.19. The van der Waals surface area contributed by atoms with Gasteiger partial charge in [0.2, 0.25) is 0 Å². The van der Waals surface area contributed by atoms with Crippen molar-refractivity contribution in [2.75, 3.05) is 32.2 Å². The van der Waals surface area contributed by atoms with Crippen LogP contribution in [0.25, 0.3) is 5.57 Å². The summed E-state index contributed by atoms with van der Waals surface area (Å²) in [7, 11) is 1.54. The molecule has 2 aromatic rings. The molecule has 0 fully saturated rings. The Morgan fingerprint density at radius 1 is 0.966 bits per heavy atom. The first kappa shape index (κ1) is 20.6. The van der Waals surface area contributed by atoms with E-state index >= 15 is 0 Å². The molecule has 1 aliphatic heterocycles. The highest BCUT2D eigenvalue weighted by atomic mass is 16.5. The van der Waals surface area contributed by atoms with Gasteiger partial charge in [-0.15, -0.1) is 0 Å². The van der Waals surface area contributed by atoms with Gasteiger partial charge < -0.3 is 14.8 Å². The molecule has 1 heterocycles. The maximum Gasteiger partial charge on any atom is 0.278 e. The zero-order chi connectivity index (χ0) is 21.0. The van der Waals surface area contributed by atoms with E-state index in [0.29, 0.717) is 17.9 Å². The zero-order valence-electron chi connectivity index (χ0n) is 17.2. The number of amides is 2. The summed E-state index contributed by atoms with van der Waals surface area (Å²) in [5.74, 6) is 0.0786. The number of nitrogens with zero attached hydrogens (tertiary/aromatic N) is 1. The molecule has 0 bridgehead atoms. The van der Waals surface area contributed by atoms with E-state index in [9.17, 15) is 9.59 Å². The number of imide groups is 1. The van der Waals surface area contributed by atoms with E-state index in [1.165, 1.54) is 4.90 Å². The Bertz CT molecular complexity index is 948. The van der Waals surface area contributed by atoms with Crippen LogP contribution < -0.4 is 10.1 Å². The number of nitrogens with one attached hydrogen (secondary N) is 1. The van der Waals surface area contributed by atoms with Crippen molar-refractivity contribution < 1.29 is 19.1 Å². The number of anilines is 1. The first-order valence-corrected chi connectivity index (χ1v) is 9.63. The minimum absolute atomic E-state index is 0.205. The first-order valence-electron chi connectivity index (χ1n) is 9.63. The second-order valence-electron chi connectivity index (χ2n) is 6.89. The lowest BCUT2D eigenvalue weighted by atomic mass is 9.99. The molecule has 3 rings (SSSR count). The maximum atomic E-state index is 13.1. The molecule has 2 aromatic carbocycles. The Hall–Kier alpha value is -3.12. The van der Waals surface area contributed by atoms with Crippen molar-refractivity contribution in [1.82, 2.24) is 4.90 Å². The van der Waals surface area contributed by atoms with Crippen molar-refractivity contribution >= 4 is 23.1 Å². The van der Waals surface area contributed by atoms with Crippen molar-refractivity contribution in [2.45, 2.75) is 20.8 Å². The lowest BCUT2D eigenvalue weighted by Gasteiger charge is -2.14. The van der Waals surface area contributed by atoms with Gasteiger partial charge in [0, 0.05) is 12.8 Å². The maximum absolute atomic E-state index is 13.1. The van der Waals surface area contributed by atoms with Gasteiger partial charge in [0.1, 0.15) is 11.4 Å². The van der Waals surface area contributed by atoms with E-state index < -0.39 is 0 Å². The Labute approximate surface area is 171 Å². The second kappa shape index (κ2) is 8.92. The molecule has 29 heavy (non-hydrogen) atoms. The molecule has 0 aromatic heterocycles. The van der Waals surface area contributed by atoms with E-state index in [1.54, 1.807) is 7.11 Å². The largest absolute Gasteiger partial charge is 0.494 e. The summed E-state index contributed by atoms with van der Waals surface area (Å²) in [6, 6.07) is 13.1. The third-order valence-electron chi connectivity index (χ3n) is 4.92. The van der Waals surface area contributed by atoms with Gasteiger partial charge in [-0.25, -0.2) is 0 Å². The van der Waals surface area contributed by atoms with Crippen molar-refractivity contribution in [2.24, 2.45) is 0 Å². The van der Waals surface area contributed by atoms with E-state index in [-0.39, 0.29) is 30.7 Å². The molecule has 0 radical (unpaired) electrons. The number of ether oxygens (including phenoxy) is 2. The molecule has 1 aliphatic rings. The third kappa shape index (κ3) is 4.32. The van der Waals surface area contributed by atoms with Gasteiger partial charge in [0.05, 0.1) is 25.3 Å². The highest BCUT2D eigenvalue weighted by Gasteiger charge is 2.39. The summed E-state index contributed by atoms with van der Waals surface area (Å²) in [4.78, 5) is 27.4. The van der Waals surface area contributed by atoms with Crippen LogP contribution >= 0.6 is 0 Å². The van der Waals surface area contributed by atoms with Crippen LogP contribution in [0.1, 0.15) is 23.6 Å². The number of benzene rings is 2. The van der Waals surface area contributed by atoms with E-state index in [0.717, 1.165) is 22.4 Å². The quantitative estimate of drug-likeness (QED) is 0.694. The van der Waals surface area contributed by atoms with Crippen molar-refractivity contribution in [3.05, 3.63) is 64.9 Å². The van der Waals surface area contributed by atoms with Crippen LogP contribution in [-0.4, -0.2) is 43.6 Å². The summed E-state index contributed by atoms with van der Waals surface area (Å²) >= 11 is 0. The molecule has 0 saturated heterocycles. The molecule has 1 N–H and O–H groups in total. The standard InChI is InChI=1S/C23H26N2O4/c1-5-29-19-10-8-18(9-11-19)24-21-20(17-7-6-15(2)16(3)14-17)22(26)25(23(21)27)12-13-28-4/h6-11,14,24H,5,12-13H2,1-4H3. The molecule has 0 unspecified atom stereocenters. The Morgan fingerprint density at radius 2 is 1.69 bits per heavy atom. The summed E-state index contributed by atoms with van der Waals surface area (Å²) in [5, 5.41) is 3.15. The summed E-state index contributed by atoms with van der Waals surface area (Å²) in [5.41, 5.74) is 4.27. The first-order chi connectivity index (χ1) is 14.0. The summed E-state index contributed by atoms with van der Waals surface area (Å²) in [6.07, 6.45) is 0. The van der Waals surface area contributed by atoms with Crippen molar-refractivity contribution in [3.8, 4) is 5.75 Å². The Kier molecular flexibility index (Phi) is 6.34. The predicted octanol–water partition coefficient (Wildman–Crippen LogP) is 3.54. The minimum Gasteiger partial charge on any atom is -0.494 e. The van der Waals surface area contributed by atoms with Gasteiger partial charge >= 0.3 is 0 Å². The number of rotatable bonds is 8. The molecular weight excluding hydrogens is 368 g/mol. The molecule has 152 valence electrons. The zero-order valence-corrected chi connectivity index (χ0v) is 17.2. The van der Waals surface area contributed by atoms with Gasteiger partial charge in [-0.3, -0.25) is 14.5 Å². The molecule has 2 amide bonds. The van der Waals surface area contributed by atoms with E-state index in [1.807, 2.05) is 63.2 Å². The summed E-state index contributed by atoms with van der Waals surface area (Å²) < 4.78 is 10.5. The second-order valence-corrected chi connectivity index (χ2v) is 6.89. The Balaban J connectivity index is 2.00. The molecule has 0 saturated carbocycles. The monoisotopic (exact) mass is 394 g/mol. The van der Waals surface area contributed by atoms with E-state index in [4.69, 9.17) is 9.47 Å². The average Bonchev–Trinajstić information content (AvgIpc) is 2.94. The van der Waals surface area contributed by atoms with Gasteiger partial charge in [0.25, 0.3) is 11.8 Å². The fraction of sp³-hybridized carbons (Fsp3) is 0.304. The van der Waals surface area contributed by atoms with Crippen molar-refractivity contribution in [1.29, 1.82) is 0 Å². The molecular formula is C23H26N2O4. The smallest absolute Gasteiger partial charge is 0.278 e. The number of hydrogen-bond acceptors (Lipinski definition) is 5. The molecule has 6 heteroatoms. The van der Waals surface area contributed by atoms with Gasteiger partial charge in [-0.05, 0) is 61.7 Å². The van der Waals surface area contributed by atoms with Gasteiger partial charge in [-0.2, -0.15) is 0 Å². The molecule has 0 atom stereocenters. The van der Waals surface area contributed by atoms with Crippen LogP contribution in [0.4, 0.5) is 5.69 Å². The normalized spacial score (nSPS) is 14.0. The van der Waals surface area contributed by atoms with Crippen LogP contribution in [0, 0.1) is 13.8 Å². The van der Waals surface area contributed by atoms with Gasteiger partial charge in [0.15, 0.2) is 0 Å². The predicted molar refractivity (Wildman–Crippen MR) is 113 cm³/mol. The number of methoxy groups -OCH3 is 1. The summed E-state index contributed by atoms with van der Waals surface area (Å²) in [6.45, 7) is 6.99. The van der Waals surface area contributed by atoms with Crippen molar-refractivity contribution in [3.63, 3.8) is 0 Å². The average molecular weight is 394 g/mol. The minimum atomic E-state index is -0.353. The lowest BCUT2D eigenvalue weighted by molar-refractivity contribution is -0.137. The molecule has 0 spiro atoms. The van der Waals surface area contributed by atoms with Crippen LogP contribution in [-0.2, 0) is 14.3 Å². The van der Waals surface area contributed by atoms with Crippen LogP contribution in [0.3, 0.4) is 0 Å². The lowest BCUT2D eigenvalue weighted by Crippen LogP contribution is -2.35. The Morgan fingerprint density at radius 3 is 2.31 bits per heavy atom. The SMILES string of the molecule is CCOc1ccc(NC2=C(c3ccc(C)c(C)c3)C(=O)N(CCOC)C2=O)cc1. The number of hydrogen-bond donors (Lipinski definition) is 1. The number of carbonyl (C=O) groups is 2. The third-order valence-corrected chi connectivity index (χ3v) is 4.92. The molecule has 0 aliphatic carbocycles. The highest BCUT2D eigenvalue weighted by molar-refractivity contribution is 6.36. The van der Waals surface area contributed by atoms with Crippen LogP contribution in [0.15, 0.2) is 48.2 Å². The fourth-order valence-electron chi connectivity index (χ4n) is 3.19. The number of carbonyl (C=O) groups excluding carboxylic acids is 2.